The highest BCUT2D eigenvalue weighted by atomic mass is 16.6. The van der Waals surface area contributed by atoms with Gasteiger partial charge in [0.1, 0.15) is 13.2 Å². The molecule has 394 valence electrons. The molecular formula is C62H110O6. The molecule has 0 N–H and O–H groups in total. The van der Waals surface area contributed by atoms with E-state index in [1.165, 1.54) is 141 Å². The molecule has 0 amide bonds. The Bertz CT molecular complexity index is 1230. The van der Waals surface area contributed by atoms with E-state index in [2.05, 4.69) is 81.5 Å². The second-order valence-electron chi connectivity index (χ2n) is 19.5. The Kier molecular flexibility index (Phi) is 54.3. The first kappa shape index (κ1) is 65.1. The van der Waals surface area contributed by atoms with Gasteiger partial charge in [0.25, 0.3) is 0 Å². The molecule has 0 aliphatic carbocycles. The van der Waals surface area contributed by atoms with Gasteiger partial charge in [0, 0.05) is 19.3 Å². The number of allylic oxidation sites excluding steroid dienone is 10. The lowest BCUT2D eigenvalue weighted by Gasteiger charge is -2.18. The Morgan fingerprint density at radius 1 is 0.309 bits per heavy atom. The van der Waals surface area contributed by atoms with Gasteiger partial charge in [-0.2, -0.15) is 0 Å². The minimum atomic E-state index is -0.779. The highest BCUT2D eigenvalue weighted by Gasteiger charge is 2.19. The van der Waals surface area contributed by atoms with E-state index in [0.29, 0.717) is 19.3 Å². The predicted octanol–water partition coefficient (Wildman–Crippen LogP) is 19.6. The number of rotatable bonds is 53. The standard InChI is InChI=1S/C62H110O6/c1-4-7-10-13-15-17-19-21-23-25-27-29-30-31-33-34-36-38-40-42-44-46-49-52-55-61(64)67-58-59(57-66-60(63)54-51-48-12-9-6-3)68-62(65)56-53-50-47-45-43-41-39-37-35-32-28-26-24-22-20-18-16-14-11-8-5-2/h8,11,16,18,22,24,28,32,37,39,59H,4-7,9-10,12-15,17,19-21,23,25-27,29-31,33-36,38,40-58H2,1-3H3/b11-8-,18-16-,24-22-,32-28-,39-37-. The summed E-state index contributed by atoms with van der Waals surface area (Å²) in [6.07, 6.45) is 71.2. The van der Waals surface area contributed by atoms with Crippen LogP contribution < -0.4 is 0 Å². The van der Waals surface area contributed by atoms with Gasteiger partial charge < -0.3 is 14.2 Å². The van der Waals surface area contributed by atoms with Crippen LogP contribution in [0.3, 0.4) is 0 Å². The first-order valence-electron chi connectivity index (χ1n) is 29.3. The highest BCUT2D eigenvalue weighted by Crippen LogP contribution is 2.17. The molecule has 68 heavy (non-hydrogen) atoms. The maximum Gasteiger partial charge on any atom is 0.306 e. The first-order valence-corrected chi connectivity index (χ1v) is 29.3. The van der Waals surface area contributed by atoms with Crippen LogP contribution in [0.1, 0.15) is 297 Å². The van der Waals surface area contributed by atoms with Gasteiger partial charge in [-0.15, -0.1) is 0 Å². The molecule has 0 aromatic rings. The van der Waals surface area contributed by atoms with Crippen molar-refractivity contribution in [3.8, 4) is 0 Å². The fourth-order valence-electron chi connectivity index (χ4n) is 8.41. The average Bonchev–Trinajstić information content (AvgIpc) is 3.34. The number of hydrogen-bond acceptors (Lipinski definition) is 6. The molecule has 0 aliphatic heterocycles. The number of ether oxygens (including phenoxy) is 3. The lowest BCUT2D eigenvalue weighted by Crippen LogP contribution is -2.30. The largest absolute Gasteiger partial charge is 0.462 e. The zero-order valence-corrected chi connectivity index (χ0v) is 45.1. The van der Waals surface area contributed by atoms with Crippen LogP contribution in [0, 0.1) is 0 Å². The molecule has 0 aliphatic rings. The summed E-state index contributed by atoms with van der Waals surface area (Å²) in [5, 5.41) is 0. The third kappa shape index (κ3) is 54.1. The topological polar surface area (TPSA) is 78.9 Å². The quantitative estimate of drug-likeness (QED) is 0.0262. The van der Waals surface area contributed by atoms with Crippen molar-refractivity contribution in [2.24, 2.45) is 0 Å². The summed E-state index contributed by atoms with van der Waals surface area (Å²) < 4.78 is 16.7. The van der Waals surface area contributed by atoms with E-state index >= 15 is 0 Å². The van der Waals surface area contributed by atoms with Crippen LogP contribution in [0.15, 0.2) is 60.8 Å². The molecule has 1 atom stereocenters. The van der Waals surface area contributed by atoms with Crippen LogP contribution in [0.5, 0.6) is 0 Å². The van der Waals surface area contributed by atoms with Gasteiger partial charge in [-0.1, -0.05) is 274 Å². The van der Waals surface area contributed by atoms with Crippen molar-refractivity contribution < 1.29 is 28.6 Å². The molecule has 0 saturated carbocycles. The Hall–Kier alpha value is -2.89. The number of carbonyl (C=O) groups is 3. The molecule has 6 heteroatoms. The molecule has 0 fully saturated rings. The Morgan fingerprint density at radius 2 is 0.574 bits per heavy atom. The Morgan fingerprint density at radius 3 is 0.897 bits per heavy atom. The van der Waals surface area contributed by atoms with Crippen LogP contribution in [0.2, 0.25) is 0 Å². The second kappa shape index (κ2) is 56.7. The number of hydrogen-bond donors (Lipinski definition) is 0. The molecule has 0 radical (unpaired) electrons. The summed E-state index contributed by atoms with van der Waals surface area (Å²) in [4.78, 5) is 37.8. The van der Waals surface area contributed by atoms with Crippen molar-refractivity contribution in [1.29, 1.82) is 0 Å². The van der Waals surface area contributed by atoms with Crippen LogP contribution in [-0.4, -0.2) is 37.2 Å². The SMILES string of the molecule is CC/C=C\C/C=C\C/C=C\C/C=C\C/C=C\CCCCCCCC(=O)OC(COC(=O)CCCCCCC)COC(=O)CCCCCCCCCCCCCCCCCCCCCCCCCC. The van der Waals surface area contributed by atoms with Gasteiger partial charge in [0.2, 0.25) is 0 Å². The third-order valence-corrected chi connectivity index (χ3v) is 12.8. The van der Waals surface area contributed by atoms with Crippen molar-refractivity contribution >= 4 is 17.9 Å². The zero-order chi connectivity index (χ0) is 49.3. The van der Waals surface area contributed by atoms with Gasteiger partial charge in [-0.25, -0.2) is 0 Å². The maximum absolute atomic E-state index is 12.8. The Balaban J connectivity index is 4.09. The number of unbranched alkanes of at least 4 members (excludes halogenated alkanes) is 32. The van der Waals surface area contributed by atoms with Crippen molar-refractivity contribution in [3.63, 3.8) is 0 Å². The molecule has 0 heterocycles. The summed E-state index contributed by atoms with van der Waals surface area (Å²) in [6.45, 7) is 6.46. The summed E-state index contributed by atoms with van der Waals surface area (Å²) in [7, 11) is 0. The van der Waals surface area contributed by atoms with Crippen LogP contribution in [-0.2, 0) is 28.6 Å². The molecule has 1 unspecified atom stereocenters. The van der Waals surface area contributed by atoms with Gasteiger partial charge in [0.15, 0.2) is 6.10 Å². The van der Waals surface area contributed by atoms with E-state index in [9.17, 15) is 14.4 Å². The molecular weight excluding hydrogens is 841 g/mol. The zero-order valence-electron chi connectivity index (χ0n) is 45.1. The van der Waals surface area contributed by atoms with E-state index in [4.69, 9.17) is 14.2 Å². The van der Waals surface area contributed by atoms with E-state index in [0.717, 1.165) is 116 Å². The lowest BCUT2D eigenvalue weighted by molar-refractivity contribution is -0.167. The number of carbonyl (C=O) groups excluding carboxylic acids is 3. The monoisotopic (exact) mass is 951 g/mol. The molecule has 0 rings (SSSR count). The number of esters is 3. The van der Waals surface area contributed by atoms with Crippen molar-refractivity contribution in [1.82, 2.24) is 0 Å². The van der Waals surface area contributed by atoms with Gasteiger partial charge in [0.05, 0.1) is 0 Å². The lowest BCUT2D eigenvalue weighted by atomic mass is 10.0. The summed E-state index contributed by atoms with van der Waals surface area (Å²) in [6, 6.07) is 0. The maximum atomic E-state index is 12.8. The molecule has 0 spiro atoms. The second-order valence-corrected chi connectivity index (χ2v) is 19.5. The van der Waals surface area contributed by atoms with Crippen molar-refractivity contribution in [3.05, 3.63) is 60.8 Å². The smallest absolute Gasteiger partial charge is 0.306 e. The highest BCUT2D eigenvalue weighted by molar-refractivity contribution is 5.71. The van der Waals surface area contributed by atoms with Crippen molar-refractivity contribution in [2.45, 2.75) is 303 Å². The molecule has 6 nitrogen and oxygen atoms in total. The molecule has 0 aromatic carbocycles. The summed E-state index contributed by atoms with van der Waals surface area (Å²) in [5.41, 5.74) is 0. The molecule has 0 aromatic heterocycles. The predicted molar refractivity (Wildman–Crippen MR) is 293 cm³/mol. The molecule has 0 saturated heterocycles. The fraction of sp³-hybridized carbons (Fsp3) is 0.790. The average molecular weight is 952 g/mol. The van der Waals surface area contributed by atoms with E-state index < -0.39 is 6.10 Å². The van der Waals surface area contributed by atoms with Crippen LogP contribution in [0.4, 0.5) is 0 Å². The minimum absolute atomic E-state index is 0.0798. The Labute approximate surface area is 421 Å². The van der Waals surface area contributed by atoms with E-state index in [-0.39, 0.29) is 31.1 Å². The van der Waals surface area contributed by atoms with Gasteiger partial charge in [-0.3, -0.25) is 14.4 Å². The van der Waals surface area contributed by atoms with Crippen LogP contribution in [0.25, 0.3) is 0 Å². The van der Waals surface area contributed by atoms with Gasteiger partial charge in [-0.05, 0) is 64.2 Å². The fourth-order valence-corrected chi connectivity index (χ4v) is 8.41. The van der Waals surface area contributed by atoms with Crippen LogP contribution >= 0.6 is 0 Å². The molecule has 0 bridgehead atoms. The first-order chi connectivity index (χ1) is 33.5. The van der Waals surface area contributed by atoms with Gasteiger partial charge >= 0.3 is 17.9 Å². The van der Waals surface area contributed by atoms with Crippen molar-refractivity contribution in [2.75, 3.05) is 13.2 Å². The third-order valence-electron chi connectivity index (χ3n) is 12.8. The summed E-state index contributed by atoms with van der Waals surface area (Å²) >= 11 is 0. The van der Waals surface area contributed by atoms with E-state index in [1.807, 2.05) is 0 Å². The normalized spacial score (nSPS) is 12.5. The summed E-state index contributed by atoms with van der Waals surface area (Å²) in [5.74, 6) is -0.902. The minimum Gasteiger partial charge on any atom is -0.462 e. The van der Waals surface area contributed by atoms with E-state index in [1.54, 1.807) is 0 Å².